The summed E-state index contributed by atoms with van der Waals surface area (Å²) in [6, 6.07) is 21.6. The molecule has 2 aliphatic heterocycles. The van der Waals surface area contributed by atoms with Crippen molar-refractivity contribution in [1.29, 1.82) is 0 Å². The third-order valence-electron chi connectivity index (χ3n) is 5.13. The van der Waals surface area contributed by atoms with Crippen molar-refractivity contribution in [2.24, 2.45) is 0 Å². The number of nitrogens with one attached hydrogen (secondary N) is 2. The van der Waals surface area contributed by atoms with E-state index in [-0.39, 0.29) is 12.8 Å². The molecule has 2 amide bonds. The summed E-state index contributed by atoms with van der Waals surface area (Å²) < 4.78 is 10.6. The molecule has 0 saturated heterocycles. The summed E-state index contributed by atoms with van der Waals surface area (Å²) in [7, 11) is 0. The van der Waals surface area contributed by atoms with Crippen molar-refractivity contribution in [2.45, 2.75) is 19.6 Å². The van der Waals surface area contributed by atoms with Crippen LogP contribution >= 0.6 is 0 Å². The number of urea groups is 1. The van der Waals surface area contributed by atoms with Crippen LogP contribution in [0.3, 0.4) is 0 Å². The molecule has 2 N–H and O–H groups in total. The molecule has 3 aromatic rings. The first-order valence-electron chi connectivity index (χ1n) is 9.59. The fourth-order valence-corrected chi connectivity index (χ4v) is 3.76. The minimum atomic E-state index is -0.289. The quantitative estimate of drug-likeness (QED) is 0.688. The zero-order valence-corrected chi connectivity index (χ0v) is 15.9. The molecule has 0 saturated carbocycles. The Morgan fingerprint density at radius 2 is 1.55 bits per heavy atom. The number of amides is 2. The molecule has 0 atom stereocenters. The van der Waals surface area contributed by atoms with Crippen LogP contribution in [0.15, 0.2) is 66.7 Å². The van der Waals surface area contributed by atoms with E-state index >= 15 is 0 Å². The van der Waals surface area contributed by atoms with Crippen LogP contribution < -0.4 is 20.1 Å². The van der Waals surface area contributed by atoms with Crippen LogP contribution in [-0.2, 0) is 19.6 Å². The third kappa shape index (κ3) is 3.88. The van der Waals surface area contributed by atoms with Crippen molar-refractivity contribution in [3.63, 3.8) is 0 Å². The lowest BCUT2D eigenvalue weighted by molar-refractivity contribution is 0.174. The molecule has 2 aliphatic rings. The van der Waals surface area contributed by atoms with Crippen molar-refractivity contribution in [1.82, 2.24) is 4.90 Å². The predicted molar refractivity (Wildman–Crippen MR) is 111 cm³/mol. The van der Waals surface area contributed by atoms with Gasteiger partial charge < -0.3 is 20.1 Å². The van der Waals surface area contributed by atoms with Gasteiger partial charge in [-0.25, -0.2) is 4.79 Å². The van der Waals surface area contributed by atoms with Gasteiger partial charge in [0.2, 0.25) is 6.79 Å². The van der Waals surface area contributed by atoms with Gasteiger partial charge in [-0.3, -0.25) is 4.90 Å². The Kier molecular flexibility index (Phi) is 4.54. The average molecular weight is 387 g/mol. The maximum absolute atomic E-state index is 12.4. The van der Waals surface area contributed by atoms with Gasteiger partial charge in [0.1, 0.15) is 0 Å². The fraction of sp³-hybridized carbons (Fsp3) is 0.174. The number of nitrogens with zero attached hydrogens (tertiary/aromatic N) is 1. The van der Waals surface area contributed by atoms with E-state index in [1.54, 1.807) is 18.2 Å². The molecule has 0 radical (unpaired) electrons. The Bertz CT molecular complexity index is 1050. The van der Waals surface area contributed by atoms with Gasteiger partial charge in [-0.1, -0.05) is 36.4 Å². The van der Waals surface area contributed by atoms with Gasteiger partial charge in [0.25, 0.3) is 0 Å². The van der Waals surface area contributed by atoms with Crippen molar-refractivity contribution < 1.29 is 14.3 Å². The maximum Gasteiger partial charge on any atom is 0.323 e. The standard InChI is InChI=1S/C23H21N3O3/c27-23(25-20-8-9-21-22(11-20)29-15-28-21)24-19-7-6-17-13-26(14-18(17)10-19)12-16-4-2-1-3-5-16/h1-11H,12-15H2,(H2,24,25,27). The lowest BCUT2D eigenvalue weighted by atomic mass is 10.1. The smallest absolute Gasteiger partial charge is 0.323 e. The minimum Gasteiger partial charge on any atom is -0.454 e. The minimum absolute atomic E-state index is 0.210. The number of ether oxygens (including phenoxy) is 2. The van der Waals surface area contributed by atoms with Gasteiger partial charge in [0.05, 0.1) is 0 Å². The number of fused-ring (bicyclic) bond motifs is 2. The molecule has 146 valence electrons. The van der Waals surface area contributed by atoms with Crippen LogP contribution in [0.2, 0.25) is 0 Å². The SMILES string of the molecule is O=C(Nc1ccc2c(c1)CN(Cc1ccccc1)C2)Nc1ccc2c(c1)OCO2. The van der Waals surface area contributed by atoms with Crippen LogP contribution in [0.25, 0.3) is 0 Å². The summed E-state index contributed by atoms with van der Waals surface area (Å²) in [5.41, 5.74) is 5.30. The number of benzene rings is 3. The molecule has 6 heteroatoms. The molecular formula is C23H21N3O3. The molecule has 5 rings (SSSR count). The summed E-state index contributed by atoms with van der Waals surface area (Å²) >= 11 is 0. The molecule has 3 aromatic carbocycles. The van der Waals surface area contributed by atoms with E-state index in [1.807, 2.05) is 12.1 Å². The van der Waals surface area contributed by atoms with Crippen LogP contribution in [0.1, 0.15) is 16.7 Å². The average Bonchev–Trinajstić information content (AvgIpc) is 3.34. The van der Waals surface area contributed by atoms with Crippen molar-refractivity contribution >= 4 is 17.4 Å². The highest BCUT2D eigenvalue weighted by molar-refractivity contribution is 6.00. The molecule has 0 aromatic heterocycles. The van der Waals surface area contributed by atoms with Gasteiger partial charge in [-0.05, 0) is 41.0 Å². The van der Waals surface area contributed by atoms with E-state index in [0.29, 0.717) is 17.2 Å². The Morgan fingerprint density at radius 1 is 0.828 bits per heavy atom. The summed E-state index contributed by atoms with van der Waals surface area (Å²) in [6.07, 6.45) is 0. The van der Waals surface area contributed by atoms with Gasteiger partial charge in [-0.15, -0.1) is 0 Å². The Balaban J connectivity index is 1.21. The molecule has 0 unspecified atom stereocenters. The van der Waals surface area contributed by atoms with Crippen molar-refractivity contribution in [3.8, 4) is 11.5 Å². The fourth-order valence-electron chi connectivity index (χ4n) is 3.76. The largest absolute Gasteiger partial charge is 0.454 e. The second-order valence-electron chi connectivity index (χ2n) is 7.26. The van der Waals surface area contributed by atoms with E-state index in [9.17, 15) is 4.79 Å². The zero-order valence-electron chi connectivity index (χ0n) is 15.9. The molecule has 29 heavy (non-hydrogen) atoms. The lowest BCUT2D eigenvalue weighted by Gasteiger charge is -2.14. The number of anilines is 2. The number of carbonyl (C=O) groups is 1. The Morgan fingerprint density at radius 3 is 2.41 bits per heavy atom. The highest BCUT2D eigenvalue weighted by atomic mass is 16.7. The second kappa shape index (κ2) is 7.48. The monoisotopic (exact) mass is 387 g/mol. The summed E-state index contributed by atoms with van der Waals surface area (Å²) in [4.78, 5) is 14.8. The molecule has 0 bridgehead atoms. The van der Waals surface area contributed by atoms with Crippen molar-refractivity contribution in [3.05, 3.63) is 83.4 Å². The lowest BCUT2D eigenvalue weighted by Crippen LogP contribution is -2.19. The summed E-state index contributed by atoms with van der Waals surface area (Å²) in [5, 5.41) is 5.75. The first-order valence-corrected chi connectivity index (χ1v) is 9.59. The van der Waals surface area contributed by atoms with E-state index in [1.165, 1.54) is 16.7 Å². The van der Waals surface area contributed by atoms with Crippen LogP contribution in [0.4, 0.5) is 16.2 Å². The number of carbonyl (C=O) groups excluding carboxylic acids is 1. The van der Waals surface area contributed by atoms with Gasteiger partial charge >= 0.3 is 6.03 Å². The van der Waals surface area contributed by atoms with Gasteiger partial charge in [0, 0.05) is 37.1 Å². The summed E-state index contributed by atoms with van der Waals surface area (Å²) in [5.74, 6) is 1.33. The molecule has 0 fully saturated rings. The van der Waals surface area contributed by atoms with E-state index < -0.39 is 0 Å². The predicted octanol–water partition coefficient (Wildman–Crippen LogP) is 4.58. The van der Waals surface area contributed by atoms with Gasteiger partial charge in [-0.2, -0.15) is 0 Å². The van der Waals surface area contributed by atoms with Crippen LogP contribution in [0, 0.1) is 0 Å². The topological polar surface area (TPSA) is 62.8 Å². The second-order valence-corrected chi connectivity index (χ2v) is 7.26. The maximum atomic E-state index is 12.4. The normalized spacial score (nSPS) is 14.5. The first-order chi connectivity index (χ1) is 14.2. The molecule has 2 heterocycles. The molecular weight excluding hydrogens is 366 g/mol. The Labute approximate surface area is 169 Å². The van der Waals surface area contributed by atoms with Crippen LogP contribution in [0.5, 0.6) is 11.5 Å². The highest BCUT2D eigenvalue weighted by Crippen LogP contribution is 2.34. The molecule has 6 nitrogen and oxygen atoms in total. The molecule has 0 spiro atoms. The zero-order chi connectivity index (χ0) is 19.6. The van der Waals surface area contributed by atoms with Gasteiger partial charge in [0.15, 0.2) is 11.5 Å². The van der Waals surface area contributed by atoms with E-state index in [4.69, 9.17) is 9.47 Å². The summed E-state index contributed by atoms with van der Waals surface area (Å²) in [6.45, 7) is 2.93. The number of hydrogen-bond donors (Lipinski definition) is 2. The number of hydrogen-bond acceptors (Lipinski definition) is 4. The Hall–Kier alpha value is -3.51. The third-order valence-corrected chi connectivity index (χ3v) is 5.13. The number of rotatable bonds is 4. The molecule has 0 aliphatic carbocycles. The van der Waals surface area contributed by atoms with Crippen molar-refractivity contribution in [2.75, 3.05) is 17.4 Å². The van der Waals surface area contributed by atoms with Crippen LogP contribution in [-0.4, -0.2) is 17.7 Å². The van der Waals surface area contributed by atoms with E-state index in [2.05, 4.69) is 51.9 Å². The van der Waals surface area contributed by atoms with E-state index in [0.717, 1.165) is 25.3 Å². The first kappa shape index (κ1) is 17.6. The highest BCUT2D eigenvalue weighted by Gasteiger charge is 2.20.